The second-order valence-corrected chi connectivity index (χ2v) is 3.70. The van der Waals surface area contributed by atoms with Gasteiger partial charge in [-0.1, -0.05) is 6.07 Å². The first-order valence-corrected chi connectivity index (χ1v) is 5.22. The van der Waals surface area contributed by atoms with Crippen molar-refractivity contribution < 1.29 is 27.1 Å². The van der Waals surface area contributed by atoms with E-state index in [1.165, 1.54) is 19.1 Å². The Labute approximate surface area is 106 Å². The monoisotopic (exact) mass is 280 g/mol. The Balaban J connectivity index is 2.95. The van der Waals surface area contributed by atoms with Crippen LogP contribution in [-0.2, 0) is 4.79 Å². The first-order chi connectivity index (χ1) is 8.76. The van der Waals surface area contributed by atoms with Crippen LogP contribution in [0, 0.1) is 6.92 Å². The molecule has 0 radical (unpaired) electrons. The van der Waals surface area contributed by atoms with Crippen molar-refractivity contribution in [1.82, 2.24) is 0 Å². The molecule has 19 heavy (non-hydrogen) atoms. The molecule has 1 rings (SSSR count). The first kappa shape index (κ1) is 15.2. The van der Waals surface area contributed by atoms with Gasteiger partial charge in [-0.05, 0) is 18.6 Å². The number of amides is 1. The minimum atomic E-state index is -4.60. The van der Waals surface area contributed by atoms with Crippen LogP contribution < -0.4 is 15.8 Å². The van der Waals surface area contributed by atoms with Crippen molar-refractivity contribution in [2.24, 2.45) is 5.73 Å². The van der Waals surface area contributed by atoms with Crippen molar-refractivity contribution in [3.05, 3.63) is 23.8 Å². The summed E-state index contributed by atoms with van der Waals surface area (Å²) in [5.41, 5.74) is 5.42. The number of hydrogen-bond donors (Lipinski definition) is 2. The molecule has 1 aromatic rings. The lowest BCUT2D eigenvalue weighted by Gasteiger charge is -2.18. The van der Waals surface area contributed by atoms with E-state index < -0.39 is 24.2 Å². The van der Waals surface area contributed by atoms with Gasteiger partial charge in [0.2, 0.25) is 5.91 Å². The van der Waals surface area contributed by atoms with Crippen molar-refractivity contribution in [2.45, 2.75) is 19.5 Å². The smallest absolute Gasteiger partial charge is 0.428 e. The van der Waals surface area contributed by atoms with Crippen LogP contribution in [0.1, 0.15) is 5.56 Å². The SMILES string of the molecule is Cc1ccc(NC(=O)CN)cc1OC(F)(F)C(F)F. The van der Waals surface area contributed by atoms with Crippen LogP contribution in [0.15, 0.2) is 18.2 Å². The van der Waals surface area contributed by atoms with Crippen molar-refractivity contribution in [3.8, 4) is 5.75 Å². The zero-order valence-corrected chi connectivity index (χ0v) is 9.92. The highest BCUT2D eigenvalue weighted by molar-refractivity contribution is 5.92. The van der Waals surface area contributed by atoms with Gasteiger partial charge in [-0.3, -0.25) is 4.79 Å². The van der Waals surface area contributed by atoms with Crippen LogP contribution in [0.4, 0.5) is 23.2 Å². The molecule has 0 aliphatic heterocycles. The van der Waals surface area contributed by atoms with Gasteiger partial charge in [0.05, 0.1) is 6.54 Å². The Bertz CT molecular complexity index is 466. The molecular formula is C11H12F4N2O2. The fourth-order valence-corrected chi connectivity index (χ4v) is 1.19. The summed E-state index contributed by atoms with van der Waals surface area (Å²) in [5.74, 6) is -0.990. The number of hydrogen-bond acceptors (Lipinski definition) is 3. The molecule has 0 heterocycles. The van der Waals surface area contributed by atoms with Crippen LogP contribution in [0.3, 0.4) is 0 Å². The van der Waals surface area contributed by atoms with Crippen molar-refractivity contribution in [2.75, 3.05) is 11.9 Å². The molecule has 106 valence electrons. The topological polar surface area (TPSA) is 64.4 Å². The second kappa shape index (κ2) is 5.87. The summed E-state index contributed by atoms with van der Waals surface area (Å²) >= 11 is 0. The number of rotatable bonds is 5. The number of benzene rings is 1. The van der Waals surface area contributed by atoms with E-state index in [0.717, 1.165) is 6.07 Å². The Hall–Kier alpha value is -1.83. The highest BCUT2D eigenvalue weighted by Crippen LogP contribution is 2.31. The molecule has 0 unspecified atom stereocenters. The summed E-state index contributed by atoms with van der Waals surface area (Å²) in [4.78, 5) is 11.0. The molecule has 0 spiro atoms. The molecule has 0 saturated carbocycles. The number of ether oxygens (including phenoxy) is 1. The van der Waals surface area contributed by atoms with Crippen LogP contribution in [0.5, 0.6) is 5.75 Å². The van der Waals surface area contributed by atoms with Gasteiger partial charge in [-0.15, -0.1) is 0 Å². The molecule has 3 N–H and O–H groups in total. The van der Waals surface area contributed by atoms with Crippen molar-refractivity contribution in [1.29, 1.82) is 0 Å². The molecule has 0 saturated heterocycles. The zero-order chi connectivity index (χ0) is 14.6. The minimum Gasteiger partial charge on any atom is -0.428 e. The van der Waals surface area contributed by atoms with Gasteiger partial charge in [0.15, 0.2) is 0 Å². The lowest BCUT2D eigenvalue weighted by atomic mass is 10.2. The Kier molecular flexibility index (Phi) is 4.71. The molecule has 0 aliphatic carbocycles. The highest BCUT2D eigenvalue weighted by Gasteiger charge is 2.44. The number of anilines is 1. The average Bonchev–Trinajstić information content (AvgIpc) is 2.32. The van der Waals surface area contributed by atoms with Gasteiger partial charge >= 0.3 is 12.5 Å². The van der Waals surface area contributed by atoms with Gasteiger partial charge in [0.25, 0.3) is 0 Å². The van der Waals surface area contributed by atoms with Crippen LogP contribution in [-0.4, -0.2) is 25.0 Å². The third-order valence-electron chi connectivity index (χ3n) is 2.16. The van der Waals surface area contributed by atoms with Gasteiger partial charge in [0.1, 0.15) is 5.75 Å². The van der Waals surface area contributed by atoms with Crippen molar-refractivity contribution in [3.63, 3.8) is 0 Å². The van der Waals surface area contributed by atoms with Gasteiger partial charge in [0, 0.05) is 11.8 Å². The fourth-order valence-electron chi connectivity index (χ4n) is 1.19. The Morgan fingerprint density at radius 1 is 1.47 bits per heavy atom. The average molecular weight is 280 g/mol. The van der Waals surface area contributed by atoms with E-state index in [2.05, 4.69) is 10.1 Å². The molecule has 0 aromatic heterocycles. The van der Waals surface area contributed by atoms with Gasteiger partial charge < -0.3 is 15.8 Å². The predicted octanol–water partition coefficient (Wildman–Crippen LogP) is 2.13. The standard InChI is InChI=1S/C11H12F4N2O2/c1-6-2-3-7(17-9(18)5-16)4-8(6)19-11(14,15)10(12)13/h2-4,10H,5,16H2,1H3,(H,17,18). The van der Waals surface area contributed by atoms with E-state index in [0.29, 0.717) is 0 Å². The maximum atomic E-state index is 12.8. The molecular weight excluding hydrogens is 268 g/mol. The quantitative estimate of drug-likeness (QED) is 0.812. The maximum Gasteiger partial charge on any atom is 0.461 e. The number of aryl methyl sites for hydroxylation is 1. The first-order valence-electron chi connectivity index (χ1n) is 5.22. The van der Waals surface area contributed by atoms with E-state index >= 15 is 0 Å². The molecule has 0 atom stereocenters. The molecule has 0 aliphatic rings. The van der Waals surface area contributed by atoms with Gasteiger partial charge in [-0.2, -0.15) is 17.6 Å². The molecule has 0 bridgehead atoms. The minimum absolute atomic E-state index is 0.126. The number of nitrogens with one attached hydrogen (secondary N) is 1. The van der Waals surface area contributed by atoms with E-state index in [1.54, 1.807) is 0 Å². The highest BCUT2D eigenvalue weighted by atomic mass is 19.3. The third kappa shape index (κ3) is 4.09. The summed E-state index contributed by atoms with van der Waals surface area (Å²) in [6.45, 7) is 1.11. The predicted molar refractivity (Wildman–Crippen MR) is 60.4 cm³/mol. The summed E-state index contributed by atoms with van der Waals surface area (Å²) in [7, 11) is 0. The Morgan fingerprint density at radius 3 is 2.63 bits per heavy atom. The van der Waals surface area contributed by atoms with Crippen LogP contribution in [0.2, 0.25) is 0 Å². The summed E-state index contributed by atoms with van der Waals surface area (Å²) in [5, 5.41) is 2.30. The van der Waals surface area contributed by atoms with E-state index in [9.17, 15) is 22.4 Å². The summed E-state index contributed by atoms with van der Waals surface area (Å²) in [6, 6.07) is 3.79. The summed E-state index contributed by atoms with van der Waals surface area (Å²) < 4.78 is 53.6. The van der Waals surface area contributed by atoms with E-state index in [4.69, 9.17) is 5.73 Å². The maximum absolute atomic E-state index is 12.8. The van der Waals surface area contributed by atoms with Crippen LogP contribution in [0.25, 0.3) is 0 Å². The fraction of sp³-hybridized carbons (Fsp3) is 0.364. The third-order valence-corrected chi connectivity index (χ3v) is 2.16. The molecule has 4 nitrogen and oxygen atoms in total. The molecule has 1 amide bonds. The van der Waals surface area contributed by atoms with Gasteiger partial charge in [-0.25, -0.2) is 0 Å². The number of carbonyl (C=O) groups excluding carboxylic acids is 1. The number of carbonyl (C=O) groups is 1. The number of halogens is 4. The normalized spacial score (nSPS) is 11.5. The summed E-state index contributed by atoms with van der Waals surface area (Å²) in [6.07, 6.45) is -8.55. The molecule has 8 heteroatoms. The molecule has 1 aromatic carbocycles. The second-order valence-electron chi connectivity index (χ2n) is 3.70. The van der Waals surface area contributed by atoms with E-state index in [1.807, 2.05) is 0 Å². The zero-order valence-electron chi connectivity index (χ0n) is 9.92. The van der Waals surface area contributed by atoms with Crippen molar-refractivity contribution >= 4 is 11.6 Å². The lowest BCUT2D eigenvalue weighted by molar-refractivity contribution is -0.253. The number of nitrogens with two attached hydrogens (primary N) is 1. The largest absolute Gasteiger partial charge is 0.461 e. The molecule has 0 fully saturated rings. The lowest BCUT2D eigenvalue weighted by Crippen LogP contribution is -2.33. The van der Waals surface area contributed by atoms with E-state index in [-0.39, 0.29) is 17.8 Å². The Morgan fingerprint density at radius 2 is 2.11 bits per heavy atom. The van der Waals surface area contributed by atoms with Crippen LogP contribution >= 0.6 is 0 Å². The number of alkyl halides is 4.